The molecule has 2 heterocycles. The molecule has 0 radical (unpaired) electrons. The Morgan fingerprint density at radius 3 is 2.73 bits per heavy atom. The molecule has 26 heavy (non-hydrogen) atoms. The van der Waals surface area contributed by atoms with Gasteiger partial charge in [-0.25, -0.2) is 4.79 Å². The van der Waals surface area contributed by atoms with Crippen molar-refractivity contribution in [3.05, 3.63) is 39.2 Å². The molecule has 2 N–H and O–H groups in total. The molecule has 3 rings (SSSR count). The standard InChI is InChI=1S/C20H25NO5/c1-11-14-5-6-16(22)12(2)18(14)26-19(24)15(11)9-17(23)21-13-7-8-25-20(3,4)10-13/h5-6,13,22H,7-10H2,1-4H3,(H,21,23)/t13-/m0/s1. The first-order valence-electron chi connectivity index (χ1n) is 8.86. The van der Waals surface area contributed by atoms with E-state index >= 15 is 0 Å². The molecule has 1 aromatic heterocycles. The Labute approximate surface area is 152 Å². The normalized spacial score (nSPS) is 19.5. The maximum Gasteiger partial charge on any atom is 0.340 e. The SMILES string of the molecule is Cc1c(CC(=O)N[C@H]2CCOC(C)(C)C2)c(=O)oc2c(C)c(O)ccc12. The monoisotopic (exact) mass is 359 g/mol. The fourth-order valence-electron chi connectivity index (χ4n) is 3.58. The minimum absolute atomic E-state index is 0.0260. The van der Waals surface area contributed by atoms with Crippen LogP contribution < -0.4 is 10.9 Å². The topological polar surface area (TPSA) is 88.8 Å². The fourth-order valence-corrected chi connectivity index (χ4v) is 3.58. The summed E-state index contributed by atoms with van der Waals surface area (Å²) in [5.74, 6) is -0.120. The van der Waals surface area contributed by atoms with Crippen molar-refractivity contribution in [2.75, 3.05) is 6.61 Å². The number of aromatic hydroxyl groups is 1. The van der Waals surface area contributed by atoms with E-state index in [0.29, 0.717) is 28.9 Å². The molecular formula is C20H25NO5. The lowest BCUT2D eigenvalue weighted by Gasteiger charge is -2.35. The average molecular weight is 359 g/mol. The summed E-state index contributed by atoms with van der Waals surface area (Å²) in [4.78, 5) is 24.9. The van der Waals surface area contributed by atoms with Gasteiger partial charge in [-0.05, 0) is 58.2 Å². The van der Waals surface area contributed by atoms with Crippen molar-refractivity contribution in [2.45, 2.75) is 58.6 Å². The molecule has 6 heteroatoms. The highest BCUT2D eigenvalue weighted by Crippen LogP contribution is 2.28. The Bertz CT molecular complexity index is 913. The zero-order valence-electron chi connectivity index (χ0n) is 15.6. The third-order valence-electron chi connectivity index (χ3n) is 5.07. The van der Waals surface area contributed by atoms with Gasteiger partial charge in [-0.3, -0.25) is 4.79 Å². The smallest absolute Gasteiger partial charge is 0.340 e. The lowest BCUT2D eigenvalue weighted by atomic mass is 9.93. The summed E-state index contributed by atoms with van der Waals surface area (Å²) < 4.78 is 11.1. The van der Waals surface area contributed by atoms with Crippen LogP contribution in [-0.2, 0) is 16.0 Å². The van der Waals surface area contributed by atoms with Crippen LogP contribution >= 0.6 is 0 Å². The van der Waals surface area contributed by atoms with Gasteiger partial charge in [0.15, 0.2) is 0 Å². The van der Waals surface area contributed by atoms with E-state index in [4.69, 9.17) is 9.15 Å². The van der Waals surface area contributed by atoms with E-state index in [1.54, 1.807) is 26.0 Å². The van der Waals surface area contributed by atoms with Crippen molar-refractivity contribution in [1.29, 1.82) is 0 Å². The van der Waals surface area contributed by atoms with Crippen LogP contribution in [0, 0.1) is 13.8 Å². The number of carbonyl (C=O) groups excluding carboxylic acids is 1. The van der Waals surface area contributed by atoms with E-state index in [1.807, 2.05) is 13.8 Å². The van der Waals surface area contributed by atoms with Crippen LogP contribution in [0.3, 0.4) is 0 Å². The molecule has 1 fully saturated rings. The molecule has 6 nitrogen and oxygen atoms in total. The molecule has 0 bridgehead atoms. The number of phenols is 1. The Morgan fingerprint density at radius 1 is 1.31 bits per heavy atom. The Balaban J connectivity index is 1.83. The van der Waals surface area contributed by atoms with Gasteiger partial charge in [0, 0.05) is 23.6 Å². The number of nitrogens with one attached hydrogen (secondary N) is 1. The van der Waals surface area contributed by atoms with Gasteiger partial charge in [-0.1, -0.05) is 0 Å². The number of benzene rings is 1. The number of hydrogen-bond donors (Lipinski definition) is 2. The summed E-state index contributed by atoms with van der Waals surface area (Å²) in [6, 6.07) is 3.31. The van der Waals surface area contributed by atoms with Gasteiger partial charge in [-0.15, -0.1) is 0 Å². The van der Waals surface area contributed by atoms with Gasteiger partial charge >= 0.3 is 5.63 Å². The van der Waals surface area contributed by atoms with Crippen LogP contribution in [0.2, 0.25) is 0 Å². The molecule has 2 aromatic rings. The zero-order valence-corrected chi connectivity index (χ0v) is 15.6. The number of ether oxygens (including phenoxy) is 1. The van der Waals surface area contributed by atoms with Gasteiger partial charge in [-0.2, -0.15) is 0 Å². The van der Waals surface area contributed by atoms with Gasteiger partial charge in [0.1, 0.15) is 11.3 Å². The first-order chi connectivity index (χ1) is 12.2. The number of amides is 1. The maximum atomic E-state index is 12.5. The summed E-state index contributed by atoms with van der Waals surface area (Å²) in [5.41, 5.74) is 1.15. The molecular weight excluding hydrogens is 334 g/mol. The van der Waals surface area contributed by atoms with Gasteiger partial charge in [0.05, 0.1) is 17.6 Å². The van der Waals surface area contributed by atoms with E-state index < -0.39 is 5.63 Å². The third kappa shape index (κ3) is 3.60. The molecule has 1 amide bonds. The molecule has 0 saturated carbocycles. The van der Waals surface area contributed by atoms with E-state index in [-0.39, 0.29) is 29.7 Å². The fraction of sp³-hybridized carbons (Fsp3) is 0.500. The largest absolute Gasteiger partial charge is 0.508 e. The number of rotatable bonds is 3. The first kappa shape index (κ1) is 18.5. The highest BCUT2D eigenvalue weighted by molar-refractivity contribution is 5.87. The predicted octanol–water partition coefficient (Wildman–Crippen LogP) is 2.73. The third-order valence-corrected chi connectivity index (χ3v) is 5.07. The number of aryl methyl sites for hydroxylation is 2. The van der Waals surface area contributed by atoms with E-state index in [0.717, 1.165) is 18.2 Å². The van der Waals surface area contributed by atoms with Crippen molar-refractivity contribution in [2.24, 2.45) is 0 Å². The minimum atomic E-state index is -0.536. The van der Waals surface area contributed by atoms with Crippen molar-refractivity contribution in [3.8, 4) is 5.75 Å². The van der Waals surface area contributed by atoms with E-state index in [2.05, 4.69) is 5.32 Å². The molecule has 140 valence electrons. The summed E-state index contributed by atoms with van der Waals surface area (Å²) in [5, 5.41) is 13.5. The molecule has 1 atom stereocenters. The molecule has 1 saturated heterocycles. The van der Waals surface area contributed by atoms with Gasteiger partial charge in [0.2, 0.25) is 5.91 Å². The lowest BCUT2D eigenvalue weighted by molar-refractivity contribution is -0.123. The second kappa shape index (κ2) is 6.76. The number of phenolic OH excluding ortho intramolecular Hbond substituents is 1. The molecule has 1 aliphatic heterocycles. The summed E-state index contributed by atoms with van der Waals surface area (Å²) in [6.45, 7) is 8.11. The van der Waals surface area contributed by atoms with Crippen molar-refractivity contribution >= 4 is 16.9 Å². The lowest BCUT2D eigenvalue weighted by Crippen LogP contribution is -2.46. The van der Waals surface area contributed by atoms with Gasteiger partial charge in [0.25, 0.3) is 0 Å². The Kier molecular flexibility index (Phi) is 4.80. The Morgan fingerprint density at radius 2 is 2.04 bits per heavy atom. The summed E-state index contributed by atoms with van der Waals surface area (Å²) in [6.07, 6.45) is 1.48. The van der Waals surface area contributed by atoms with Crippen LogP contribution in [-0.4, -0.2) is 29.3 Å². The highest BCUT2D eigenvalue weighted by Gasteiger charge is 2.30. The van der Waals surface area contributed by atoms with Crippen molar-refractivity contribution < 1.29 is 19.1 Å². The molecule has 0 unspecified atom stereocenters. The molecule has 1 aliphatic rings. The number of carbonyl (C=O) groups is 1. The van der Waals surface area contributed by atoms with Crippen LogP contribution in [0.5, 0.6) is 5.75 Å². The first-order valence-corrected chi connectivity index (χ1v) is 8.86. The molecule has 0 aliphatic carbocycles. The highest BCUT2D eigenvalue weighted by atomic mass is 16.5. The van der Waals surface area contributed by atoms with Crippen LogP contribution in [0.4, 0.5) is 0 Å². The maximum absolute atomic E-state index is 12.5. The Hall–Kier alpha value is -2.34. The van der Waals surface area contributed by atoms with Gasteiger partial charge < -0.3 is 19.6 Å². The van der Waals surface area contributed by atoms with Crippen LogP contribution in [0.15, 0.2) is 21.3 Å². The molecule has 1 aromatic carbocycles. The second-order valence-electron chi connectivity index (χ2n) is 7.62. The number of hydrogen-bond acceptors (Lipinski definition) is 5. The predicted molar refractivity (Wildman–Crippen MR) is 98.5 cm³/mol. The van der Waals surface area contributed by atoms with E-state index in [9.17, 15) is 14.7 Å². The van der Waals surface area contributed by atoms with E-state index in [1.165, 1.54) is 0 Å². The van der Waals surface area contributed by atoms with Crippen molar-refractivity contribution in [1.82, 2.24) is 5.32 Å². The summed E-state index contributed by atoms with van der Waals surface area (Å²) in [7, 11) is 0. The average Bonchev–Trinajstić information content (AvgIpc) is 2.54. The van der Waals surface area contributed by atoms with Crippen molar-refractivity contribution in [3.63, 3.8) is 0 Å². The second-order valence-corrected chi connectivity index (χ2v) is 7.62. The summed E-state index contributed by atoms with van der Waals surface area (Å²) >= 11 is 0. The molecule has 0 spiro atoms. The number of fused-ring (bicyclic) bond motifs is 1. The van der Waals surface area contributed by atoms with Crippen LogP contribution in [0.1, 0.15) is 43.4 Å². The zero-order chi connectivity index (χ0) is 19.1. The van der Waals surface area contributed by atoms with Crippen LogP contribution in [0.25, 0.3) is 11.0 Å². The quantitative estimate of drug-likeness (QED) is 0.823. The minimum Gasteiger partial charge on any atom is -0.508 e.